The van der Waals surface area contributed by atoms with Gasteiger partial charge in [0.2, 0.25) is 5.78 Å². The maximum Gasteiger partial charge on any atom is 0.303 e. The van der Waals surface area contributed by atoms with E-state index in [1.54, 1.807) is 6.08 Å². The second-order valence-corrected chi connectivity index (χ2v) is 10.7. The van der Waals surface area contributed by atoms with Crippen molar-refractivity contribution in [3.63, 3.8) is 0 Å². The number of ether oxygens (including phenoxy) is 2. The number of rotatable bonds is 4. The third-order valence-corrected chi connectivity index (χ3v) is 9.23. The molecule has 0 aromatic rings. The lowest BCUT2D eigenvalue weighted by Gasteiger charge is -2.59. The Balaban J connectivity index is 1.70. The summed E-state index contributed by atoms with van der Waals surface area (Å²) < 4.78 is 26.2. The molecular weight excluding hydrogens is 415 g/mol. The number of carbonyl (C=O) groups is 4. The van der Waals surface area contributed by atoms with Crippen LogP contribution in [0.25, 0.3) is 0 Å². The molecule has 0 aromatic heterocycles. The first-order chi connectivity index (χ1) is 14.9. The Morgan fingerprint density at radius 2 is 1.75 bits per heavy atom. The van der Waals surface area contributed by atoms with Crippen molar-refractivity contribution in [2.24, 2.45) is 28.6 Å². The molecule has 4 aliphatic rings. The number of halogens is 1. The Hall–Kier alpha value is -2.05. The number of alkyl halides is 1. The van der Waals surface area contributed by atoms with Crippen molar-refractivity contribution in [1.29, 1.82) is 0 Å². The molecule has 176 valence electrons. The standard InChI is InChI=1S/C25H33FO6/c1-14(27)31-13-22(30)25(32-15(2)28)10-7-19-17-12-21(26)20-11-16(29)5-8-23(20,3)18(17)6-9-24(19,25)4/h11,17-19,21H,5-10,12-13H2,1-4H3/t17-,18+,19+,21+,23-,24+,25+/m1/s1. The monoisotopic (exact) mass is 448 g/mol. The molecule has 7 heteroatoms. The van der Waals surface area contributed by atoms with Gasteiger partial charge in [-0.3, -0.25) is 19.2 Å². The van der Waals surface area contributed by atoms with Gasteiger partial charge in [-0.25, -0.2) is 4.39 Å². The van der Waals surface area contributed by atoms with Gasteiger partial charge in [0.05, 0.1) is 0 Å². The summed E-state index contributed by atoms with van der Waals surface area (Å²) in [5.74, 6) is -1.22. The molecule has 0 amide bonds. The summed E-state index contributed by atoms with van der Waals surface area (Å²) >= 11 is 0. The smallest absolute Gasteiger partial charge is 0.303 e. The van der Waals surface area contributed by atoms with E-state index in [1.165, 1.54) is 13.8 Å². The highest BCUT2D eigenvalue weighted by Crippen LogP contribution is 2.68. The van der Waals surface area contributed by atoms with Crippen molar-refractivity contribution in [2.75, 3.05) is 6.61 Å². The molecule has 0 saturated heterocycles. The van der Waals surface area contributed by atoms with E-state index in [1.807, 2.05) is 6.92 Å². The Bertz CT molecular complexity index is 895. The van der Waals surface area contributed by atoms with Crippen LogP contribution >= 0.6 is 0 Å². The molecule has 3 saturated carbocycles. The second-order valence-electron chi connectivity index (χ2n) is 10.7. The van der Waals surface area contributed by atoms with Gasteiger partial charge in [-0.1, -0.05) is 13.8 Å². The van der Waals surface area contributed by atoms with E-state index in [2.05, 4.69) is 6.92 Å². The van der Waals surface area contributed by atoms with Gasteiger partial charge in [-0.2, -0.15) is 0 Å². The van der Waals surface area contributed by atoms with Gasteiger partial charge in [-0.15, -0.1) is 0 Å². The number of esters is 2. The Labute approximate surface area is 188 Å². The molecule has 3 fully saturated rings. The zero-order chi connectivity index (χ0) is 23.5. The fourth-order valence-corrected chi connectivity index (χ4v) is 7.77. The van der Waals surface area contributed by atoms with Crippen LogP contribution in [0, 0.1) is 28.6 Å². The average Bonchev–Trinajstić information content (AvgIpc) is 3.00. The van der Waals surface area contributed by atoms with Crippen molar-refractivity contribution < 1.29 is 33.0 Å². The first kappa shape index (κ1) is 23.1. The fourth-order valence-electron chi connectivity index (χ4n) is 7.77. The molecule has 0 aromatic carbocycles. The molecule has 7 atom stereocenters. The predicted molar refractivity (Wildman–Crippen MR) is 113 cm³/mol. The normalized spacial score (nSPS) is 42.8. The van der Waals surface area contributed by atoms with E-state index in [9.17, 15) is 19.2 Å². The minimum Gasteiger partial charge on any atom is -0.458 e. The zero-order valence-electron chi connectivity index (χ0n) is 19.4. The quantitative estimate of drug-likeness (QED) is 0.606. The summed E-state index contributed by atoms with van der Waals surface area (Å²) in [6.07, 6.45) is 4.23. The summed E-state index contributed by atoms with van der Waals surface area (Å²) in [6.45, 7) is 6.18. The number of fused-ring (bicyclic) bond motifs is 5. The van der Waals surface area contributed by atoms with Gasteiger partial charge in [0, 0.05) is 25.7 Å². The molecule has 0 N–H and O–H groups in total. The topological polar surface area (TPSA) is 86.7 Å². The minimum absolute atomic E-state index is 0.00466. The van der Waals surface area contributed by atoms with E-state index >= 15 is 4.39 Å². The van der Waals surface area contributed by atoms with Crippen LogP contribution in [0.1, 0.15) is 72.6 Å². The highest BCUT2D eigenvalue weighted by Gasteiger charge is 2.69. The van der Waals surface area contributed by atoms with Gasteiger partial charge in [0.1, 0.15) is 6.17 Å². The highest BCUT2D eigenvalue weighted by molar-refractivity contribution is 5.93. The highest BCUT2D eigenvalue weighted by atomic mass is 19.1. The zero-order valence-corrected chi connectivity index (χ0v) is 19.4. The van der Waals surface area contributed by atoms with Crippen LogP contribution in [-0.4, -0.2) is 41.9 Å². The largest absolute Gasteiger partial charge is 0.458 e. The molecule has 6 nitrogen and oxygen atoms in total. The van der Waals surface area contributed by atoms with Crippen LogP contribution in [0.2, 0.25) is 0 Å². The van der Waals surface area contributed by atoms with Crippen LogP contribution in [-0.2, 0) is 28.7 Å². The molecule has 0 unspecified atom stereocenters. The summed E-state index contributed by atoms with van der Waals surface area (Å²) in [4.78, 5) is 48.8. The van der Waals surface area contributed by atoms with Crippen LogP contribution in [0.15, 0.2) is 11.6 Å². The number of hydrogen-bond donors (Lipinski definition) is 0. The predicted octanol–water partition coefficient (Wildman–Crippen LogP) is 3.90. The number of Topliss-reactive ketones (excluding diaryl/α,β-unsaturated/α-hetero) is 1. The Kier molecular flexibility index (Phi) is 5.61. The van der Waals surface area contributed by atoms with Gasteiger partial charge in [-0.05, 0) is 73.3 Å². The number of carbonyl (C=O) groups excluding carboxylic acids is 4. The SMILES string of the molecule is CC(=O)OCC(=O)[C@@]1(OC(C)=O)CC[C@H]2[C@@H]3C[C@H](F)C4=CC(=O)CC[C@]4(C)[C@H]3CC[C@@]21C. The van der Waals surface area contributed by atoms with Crippen molar-refractivity contribution in [1.82, 2.24) is 0 Å². The maximum atomic E-state index is 15.4. The van der Waals surface area contributed by atoms with E-state index in [0.29, 0.717) is 44.1 Å². The molecule has 0 heterocycles. The first-order valence-corrected chi connectivity index (χ1v) is 11.7. The first-order valence-electron chi connectivity index (χ1n) is 11.7. The molecule has 0 aliphatic heterocycles. The average molecular weight is 449 g/mol. The lowest BCUT2D eigenvalue weighted by molar-refractivity contribution is -0.191. The lowest BCUT2D eigenvalue weighted by atomic mass is 9.46. The molecule has 0 bridgehead atoms. The van der Waals surface area contributed by atoms with E-state index < -0.39 is 41.5 Å². The summed E-state index contributed by atoms with van der Waals surface area (Å²) in [7, 11) is 0. The van der Waals surface area contributed by atoms with Crippen LogP contribution in [0.4, 0.5) is 4.39 Å². The summed E-state index contributed by atoms with van der Waals surface area (Å²) in [6, 6.07) is 0. The van der Waals surface area contributed by atoms with Crippen molar-refractivity contribution >= 4 is 23.5 Å². The summed E-state index contributed by atoms with van der Waals surface area (Å²) in [5, 5.41) is 0. The number of allylic oxidation sites excluding steroid dienone is 1. The Morgan fingerprint density at radius 3 is 2.41 bits per heavy atom. The molecule has 32 heavy (non-hydrogen) atoms. The van der Waals surface area contributed by atoms with Crippen LogP contribution in [0.3, 0.4) is 0 Å². The van der Waals surface area contributed by atoms with Crippen molar-refractivity contribution in [3.05, 3.63) is 11.6 Å². The third kappa shape index (κ3) is 3.26. The van der Waals surface area contributed by atoms with Crippen LogP contribution < -0.4 is 0 Å². The van der Waals surface area contributed by atoms with Crippen molar-refractivity contribution in [3.8, 4) is 0 Å². The number of hydrogen-bond acceptors (Lipinski definition) is 6. The third-order valence-electron chi connectivity index (χ3n) is 9.23. The van der Waals surface area contributed by atoms with Gasteiger partial charge in [0.25, 0.3) is 0 Å². The molecule has 4 rings (SSSR count). The second kappa shape index (κ2) is 7.77. The van der Waals surface area contributed by atoms with Crippen LogP contribution in [0.5, 0.6) is 0 Å². The molecule has 0 radical (unpaired) electrons. The van der Waals surface area contributed by atoms with Gasteiger partial charge >= 0.3 is 11.9 Å². The maximum absolute atomic E-state index is 15.4. The van der Waals surface area contributed by atoms with E-state index in [-0.39, 0.29) is 29.0 Å². The Morgan fingerprint density at radius 1 is 1.06 bits per heavy atom. The lowest BCUT2D eigenvalue weighted by Crippen LogP contribution is -2.60. The molecule has 4 aliphatic carbocycles. The van der Waals surface area contributed by atoms with E-state index in [4.69, 9.17) is 9.47 Å². The fraction of sp³-hybridized carbons (Fsp3) is 0.760. The van der Waals surface area contributed by atoms with Crippen molar-refractivity contribution in [2.45, 2.75) is 84.4 Å². The molecular formula is C25H33FO6. The summed E-state index contributed by atoms with van der Waals surface area (Å²) in [5.41, 5.74) is -1.73. The van der Waals surface area contributed by atoms with Gasteiger partial charge < -0.3 is 9.47 Å². The van der Waals surface area contributed by atoms with Gasteiger partial charge in [0.15, 0.2) is 18.0 Å². The van der Waals surface area contributed by atoms with E-state index in [0.717, 1.165) is 6.42 Å². The number of ketones is 2. The minimum atomic E-state index is -1.37. The molecule has 0 spiro atoms.